The molecular formula is C20H15ClO3. The minimum absolute atomic E-state index is 0.146. The number of carboxylic acids is 1. The van der Waals surface area contributed by atoms with Crippen molar-refractivity contribution in [3.05, 3.63) is 88.9 Å². The minimum atomic E-state index is -0.972. The molecule has 0 spiro atoms. The van der Waals surface area contributed by atoms with E-state index >= 15 is 0 Å². The predicted octanol–water partition coefficient (Wildman–Crippen LogP) is 5.28. The Kier molecular flexibility index (Phi) is 4.82. The second-order valence-corrected chi connectivity index (χ2v) is 5.67. The predicted molar refractivity (Wildman–Crippen MR) is 94.6 cm³/mol. The van der Waals surface area contributed by atoms with E-state index in [-0.39, 0.29) is 12.2 Å². The normalized spacial score (nSPS) is 10.4. The minimum Gasteiger partial charge on any atom is -0.487 e. The van der Waals surface area contributed by atoms with Crippen LogP contribution in [0.2, 0.25) is 5.02 Å². The molecule has 0 aliphatic carbocycles. The van der Waals surface area contributed by atoms with E-state index in [0.717, 1.165) is 11.1 Å². The fraction of sp³-hybridized carbons (Fsp3) is 0.0500. The molecule has 0 saturated heterocycles. The fourth-order valence-electron chi connectivity index (χ4n) is 2.44. The molecule has 4 heteroatoms. The van der Waals surface area contributed by atoms with Gasteiger partial charge >= 0.3 is 5.97 Å². The molecule has 1 N–H and O–H groups in total. The van der Waals surface area contributed by atoms with Crippen molar-refractivity contribution in [2.75, 3.05) is 0 Å². The van der Waals surface area contributed by atoms with Gasteiger partial charge in [-0.05, 0) is 29.3 Å². The van der Waals surface area contributed by atoms with Crippen LogP contribution in [0, 0.1) is 0 Å². The van der Waals surface area contributed by atoms with E-state index in [2.05, 4.69) is 0 Å². The molecule has 0 aliphatic rings. The van der Waals surface area contributed by atoms with Gasteiger partial charge in [0.05, 0.1) is 10.6 Å². The number of rotatable bonds is 5. The van der Waals surface area contributed by atoms with Gasteiger partial charge in [-0.25, -0.2) is 4.79 Å². The van der Waals surface area contributed by atoms with Crippen LogP contribution in [-0.4, -0.2) is 11.1 Å². The highest BCUT2D eigenvalue weighted by molar-refractivity contribution is 6.32. The Hall–Kier alpha value is -2.78. The van der Waals surface area contributed by atoms with E-state index < -0.39 is 5.97 Å². The van der Waals surface area contributed by atoms with Gasteiger partial charge in [-0.15, -0.1) is 0 Å². The molecule has 3 nitrogen and oxygen atoms in total. The van der Waals surface area contributed by atoms with Crippen LogP contribution in [0.3, 0.4) is 0 Å². The monoisotopic (exact) mass is 338 g/mol. The molecular weight excluding hydrogens is 324 g/mol. The lowest BCUT2D eigenvalue weighted by molar-refractivity contribution is 0.0694. The molecule has 0 amide bonds. The van der Waals surface area contributed by atoms with Crippen molar-refractivity contribution in [2.45, 2.75) is 6.61 Å². The Morgan fingerprint density at radius 2 is 1.62 bits per heavy atom. The number of ether oxygens (including phenoxy) is 1. The first-order chi connectivity index (χ1) is 11.6. The first kappa shape index (κ1) is 16.1. The topological polar surface area (TPSA) is 46.5 Å². The van der Waals surface area contributed by atoms with Gasteiger partial charge in [-0.3, -0.25) is 0 Å². The van der Waals surface area contributed by atoms with Gasteiger partial charge in [0.15, 0.2) is 0 Å². The summed E-state index contributed by atoms with van der Waals surface area (Å²) in [5, 5.41) is 9.69. The van der Waals surface area contributed by atoms with Gasteiger partial charge in [0.25, 0.3) is 0 Å². The van der Waals surface area contributed by atoms with Crippen molar-refractivity contribution in [2.24, 2.45) is 0 Å². The molecule has 0 saturated carbocycles. The van der Waals surface area contributed by atoms with E-state index in [4.69, 9.17) is 16.3 Å². The van der Waals surface area contributed by atoms with Crippen LogP contribution in [-0.2, 0) is 6.61 Å². The summed E-state index contributed by atoms with van der Waals surface area (Å²) in [7, 11) is 0. The number of carboxylic acid groups (broad SMARTS) is 1. The maximum atomic E-state index is 11.2. The Morgan fingerprint density at radius 1 is 0.917 bits per heavy atom. The molecule has 0 fully saturated rings. The van der Waals surface area contributed by atoms with Crippen LogP contribution < -0.4 is 4.74 Å². The molecule has 0 radical (unpaired) electrons. The second kappa shape index (κ2) is 7.20. The lowest BCUT2D eigenvalue weighted by Gasteiger charge is -2.11. The summed E-state index contributed by atoms with van der Waals surface area (Å²) >= 11 is 6.31. The summed E-state index contributed by atoms with van der Waals surface area (Å²) in [6, 6.07) is 22.2. The van der Waals surface area contributed by atoms with Gasteiger partial charge in [-0.2, -0.15) is 0 Å². The van der Waals surface area contributed by atoms with Crippen LogP contribution in [0.4, 0.5) is 0 Å². The van der Waals surface area contributed by atoms with Crippen LogP contribution in [0.15, 0.2) is 72.8 Å². The van der Waals surface area contributed by atoms with E-state index in [9.17, 15) is 9.90 Å². The Balaban J connectivity index is 1.79. The third-order valence-electron chi connectivity index (χ3n) is 3.67. The molecule has 3 aromatic carbocycles. The first-order valence-corrected chi connectivity index (χ1v) is 7.82. The smallest absolute Gasteiger partial charge is 0.336 e. The van der Waals surface area contributed by atoms with Gasteiger partial charge < -0.3 is 9.84 Å². The Bertz CT molecular complexity index is 860. The van der Waals surface area contributed by atoms with Crippen molar-refractivity contribution >= 4 is 17.6 Å². The molecule has 0 heterocycles. The quantitative estimate of drug-likeness (QED) is 0.688. The zero-order valence-electron chi connectivity index (χ0n) is 12.8. The summed E-state index contributed by atoms with van der Waals surface area (Å²) in [4.78, 5) is 11.2. The molecule has 0 bridgehead atoms. The van der Waals surface area contributed by atoms with E-state index in [1.165, 1.54) is 0 Å². The van der Waals surface area contributed by atoms with Crippen molar-refractivity contribution in [1.29, 1.82) is 0 Å². The Labute approximate surface area is 145 Å². The largest absolute Gasteiger partial charge is 0.487 e. The average molecular weight is 339 g/mol. The highest BCUT2D eigenvalue weighted by atomic mass is 35.5. The number of hydrogen-bond acceptors (Lipinski definition) is 2. The lowest BCUT2D eigenvalue weighted by atomic mass is 10.1. The Morgan fingerprint density at radius 3 is 2.33 bits per heavy atom. The summed E-state index contributed by atoms with van der Waals surface area (Å²) < 4.78 is 5.71. The van der Waals surface area contributed by atoms with Gasteiger partial charge in [-0.1, -0.05) is 66.2 Å². The first-order valence-electron chi connectivity index (χ1n) is 7.44. The van der Waals surface area contributed by atoms with Crippen LogP contribution in [0.5, 0.6) is 5.75 Å². The van der Waals surface area contributed by atoms with Gasteiger partial charge in [0, 0.05) is 5.56 Å². The third-order valence-corrected chi connectivity index (χ3v) is 3.97. The standard InChI is InChI=1S/C20H15ClO3/c21-18-12-15(14-6-2-1-3-7-14)10-11-19(18)24-13-16-8-4-5-9-17(16)20(22)23/h1-12H,13H2,(H,22,23). The van der Waals surface area contributed by atoms with Gasteiger partial charge in [0.2, 0.25) is 0 Å². The van der Waals surface area contributed by atoms with Crippen molar-refractivity contribution in [3.8, 4) is 16.9 Å². The highest BCUT2D eigenvalue weighted by Gasteiger charge is 2.11. The summed E-state index contributed by atoms with van der Waals surface area (Å²) in [5.74, 6) is -0.448. The number of carbonyl (C=O) groups is 1. The maximum Gasteiger partial charge on any atom is 0.336 e. The van der Waals surface area contributed by atoms with Crippen molar-refractivity contribution in [1.82, 2.24) is 0 Å². The van der Waals surface area contributed by atoms with E-state index in [1.54, 1.807) is 30.3 Å². The number of aromatic carboxylic acids is 1. The highest BCUT2D eigenvalue weighted by Crippen LogP contribution is 2.31. The van der Waals surface area contributed by atoms with Gasteiger partial charge in [0.1, 0.15) is 12.4 Å². The maximum absolute atomic E-state index is 11.2. The molecule has 0 aromatic heterocycles. The van der Waals surface area contributed by atoms with Crippen LogP contribution in [0.1, 0.15) is 15.9 Å². The molecule has 0 unspecified atom stereocenters. The SMILES string of the molecule is O=C(O)c1ccccc1COc1ccc(-c2ccccc2)cc1Cl. The molecule has 120 valence electrons. The number of halogens is 1. The zero-order chi connectivity index (χ0) is 16.9. The lowest BCUT2D eigenvalue weighted by Crippen LogP contribution is -2.05. The molecule has 0 aliphatic heterocycles. The zero-order valence-corrected chi connectivity index (χ0v) is 13.5. The van der Waals surface area contributed by atoms with E-state index in [1.807, 2.05) is 42.5 Å². The third kappa shape index (κ3) is 3.58. The average Bonchev–Trinajstić information content (AvgIpc) is 2.61. The number of benzene rings is 3. The molecule has 0 atom stereocenters. The summed E-state index contributed by atoms with van der Waals surface area (Å²) in [6.45, 7) is 0.146. The van der Waals surface area contributed by atoms with E-state index in [0.29, 0.717) is 16.3 Å². The van der Waals surface area contributed by atoms with Crippen molar-refractivity contribution in [3.63, 3.8) is 0 Å². The second-order valence-electron chi connectivity index (χ2n) is 5.26. The fourth-order valence-corrected chi connectivity index (χ4v) is 2.67. The van der Waals surface area contributed by atoms with Crippen LogP contribution in [0.25, 0.3) is 11.1 Å². The number of hydrogen-bond donors (Lipinski definition) is 1. The molecule has 3 rings (SSSR count). The molecule has 24 heavy (non-hydrogen) atoms. The summed E-state index contributed by atoms with van der Waals surface area (Å²) in [5.41, 5.74) is 2.91. The summed E-state index contributed by atoms with van der Waals surface area (Å²) in [6.07, 6.45) is 0. The van der Waals surface area contributed by atoms with Crippen LogP contribution >= 0.6 is 11.6 Å². The van der Waals surface area contributed by atoms with Crippen molar-refractivity contribution < 1.29 is 14.6 Å². The molecule has 3 aromatic rings.